The van der Waals surface area contributed by atoms with Gasteiger partial charge >= 0.3 is 0 Å². The Balaban J connectivity index is 2.28. The van der Waals surface area contributed by atoms with Gasteiger partial charge in [0.25, 0.3) is 10.0 Å². The quantitative estimate of drug-likeness (QED) is 0.744. The number of anilines is 1. The van der Waals surface area contributed by atoms with Gasteiger partial charge in [0.05, 0.1) is 5.69 Å². The highest BCUT2D eigenvalue weighted by molar-refractivity contribution is 9.11. The van der Waals surface area contributed by atoms with Crippen LogP contribution in [0.15, 0.2) is 42.8 Å². The Hall–Kier alpha value is -0.410. The molecule has 0 unspecified atom stereocenters. The second-order valence-corrected chi connectivity index (χ2v) is 8.62. The summed E-state index contributed by atoms with van der Waals surface area (Å²) in [5, 5.41) is 4.83. The minimum absolute atomic E-state index is 0.301. The lowest BCUT2D eigenvalue weighted by atomic mass is 10.3. The second-order valence-electron chi connectivity index (χ2n) is 4.03. The summed E-state index contributed by atoms with van der Waals surface area (Å²) in [4.78, 5) is 0. The molecule has 1 heterocycles. The third kappa shape index (κ3) is 3.82. The Bertz CT molecular complexity index is 714. The average molecular weight is 440 g/mol. The topological polar surface area (TPSA) is 58.2 Å². The van der Waals surface area contributed by atoms with Gasteiger partial charge in [0.2, 0.25) is 0 Å². The summed E-state index contributed by atoms with van der Waals surface area (Å²) in [6, 6.07) is 7.00. The molecule has 8 heteroatoms. The number of sulfonamides is 1. The van der Waals surface area contributed by atoms with E-state index in [1.165, 1.54) is 11.3 Å². The third-order valence-corrected chi connectivity index (χ3v) is 6.49. The molecule has 0 saturated heterocycles. The van der Waals surface area contributed by atoms with E-state index in [-0.39, 0.29) is 0 Å². The van der Waals surface area contributed by atoms with Crippen LogP contribution < -0.4 is 10.0 Å². The van der Waals surface area contributed by atoms with Crippen molar-refractivity contribution < 1.29 is 8.42 Å². The zero-order chi connectivity index (χ0) is 14.8. The number of benzene rings is 1. The number of halogens is 2. The molecule has 0 bridgehead atoms. The van der Waals surface area contributed by atoms with E-state index in [2.05, 4.69) is 41.9 Å². The highest BCUT2D eigenvalue weighted by Gasteiger charge is 2.18. The smallest absolute Gasteiger partial charge is 0.271 e. The molecule has 0 radical (unpaired) electrons. The number of hydrogen-bond donors (Lipinski definition) is 2. The number of thiophene rings is 1. The first-order valence-corrected chi connectivity index (χ1v) is 9.57. The molecule has 108 valence electrons. The van der Waals surface area contributed by atoms with E-state index < -0.39 is 10.0 Å². The molecule has 2 rings (SSSR count). The van der Waals surface area contributed by atoms with Crippen molar-refractivity contribution in [3.05, 3.63) is 44.2 Å². The van der Waals surface area contributed by atoms with Crippen LogP contribution in [0.3, 0.4) is 0 Å². The minimum atomic E-state index is -3.56. The maximum atomic E-state index is 12.3. The van der Waals surface area contributed by atoms with E-state index in [1.54, 1.807) is 18.2 Å². The largest absolute Gasteiger partial charge is 0.316 e. The Morgan fingerprint density at radius 2 is 2.00 bits per heavy atom. The van der Waals surface area contributed by atoms with Gasteiger partial charge in [-0.2, -0.15) is 0 Å². The number of nitrogens with one attached hydrogen (secondary N) is 2. The zero-order valence-electron chi connectivity index (χ0n) is 10.5. The Kier molecular flexibility index (Phi) is 5.25. The lowest BCUT2D eigenvalue weighted by molar-refractivity contribution is 0.603. The Labute approximate surface area is 138 Å². The molecule has 0 amide bonds. The van der Waals surface area contributed by atoms with Gasteiger partial charge < -0.3 is 5.32 Å². The van der Waals surface area contributed by atoms with Crippen molar-refractivity contribution in [3.63, 3.8) is 0 Å². The second kappa shape index (κ2) is 6.57. The highest BCUT2D eigenvalue weighted by Crippen LogP contribution is 2.29. The van der Waals surface area contributed by atoms with Gasteiger partial charge in [-0.3, -0.25) is 4.72 Å². The number of hydrogen-bond acceptors (Lipinski definition) is 4. The first-order valence-electron chi connectivity index (χ1n) is 5.62. The van der Waals surface area contributed by atoms with Crippen molar-refractivity contribution >= 4 is 58.9 Å². The highest BCUT2D eigenvalue weighted by atomic mass is 79.9. The van der Waals surface area contributed by atoms with Crippen LogP contribution >= 0.6 is 43.2 Å². The maximum absolute atomic E-state index is 12.3. The van der Waals surface area contributed by atoms with Gasteiger partial charge in [-0.15, -0.1) is 11.3 Å². The number of rotatable bonds is 5. The molecule has 0 spiro atoms. The third-order valence-electron chi connectivity index (χ3n) is 2.45. The predicted molar refractivity (Wildman–Crippen MR) is 89.7 cm³/mol. The molecule has 4 nitrogen and oxygen atoms in total. The molecule has 0 fully saturated rings. The summed E-state index contributed by atoms with van der Waals surface area (Å²) in [7, 11) is -1.74. The fraction of sp³-hybridized carbons (Fsp3) is 0.167. The van der Waals surface area contributed by atoms with E-state index >= 15 is 0 Å². The summed E-state index contributed by atoms with van der Waals surface area (Å²) in [6.45, 7) is 0.645. The SMILES string of the molecule is CNCc1csc(S(=O)(=O)Nc2cc(Br)ccc2Br)c1. The molecule has 0 aliphatic carbocycles. The molecule has 0 saturated carbocycles. The van der Waals surface area contributed by atoms with Gasteiger partial charge in [0, 0.05) is 15.5 Å². The van der Waals surface area contributed by atoms with E-state index in [0.29, 0.717) is 20.9 Å². The van der Waals surface area contributed by atoms with Gasteiger partial charge in [-0.25, -0.2) is 8.42 Å². The van der Waals surface area contributed by atoms with E-state index in [0.717, 1.165) is 10.0 Å². The van der Waals surface area contributed by atoms with Crippen LogP contribution in [0.1, 0.15) is 5.56 Å². The van der Waals surface area contributed by atoms with Crippen LogP contribution in [0.25, 0.3) is 0 Å². The molecule has 2 N–H and O–H groups in total. The zero-order valence-corrected chi connectivity index (χ0v) is 15.3. The molecule has 0 aliphatic rings. The lowest BCUT2D eigenvalue weighted by Gasteiger charge is -2.08. The lowest BCUT2D eigenvalue weighted by Crippen LogP contribution is -2.12. The van der Waals surface area contributed by atoms with Gasteiger partial charge in [0.1, 0.15) is 4.21 Å². The molecular formula is C12H12Br2N2O2S2. The van der Waals surface area contributed by atoms with E-state index in [4.69, 9.17) is 0 Å². The maximum Gasteiger partial charge on any atom is 0.271 e. The molecule has 20 heavy (non-hydrogen) atoms. The molecule has 0 atom stereocenters. The normalized spacial score (nSPS) is 11.6. The fourth-order valence-electron chi connectivity index (χ4n) is 1.56. The Morgan fingerprint density at radius 1 is 1.25 bits per heavy atom. The monoisotopic (exact) mass is 438 g/mol. The van der Waals surface area contributed by atoms with Crippen molar-refractivity contribution in [2.45, 2.75) is 10.8 Å². The predicted octanol–water partition coefficient (Wildman–Crippen LogP) is 3.79. The molecule has 2 aromatic rings. The summed E-state index contributed by atoms with van der Waals surface area (Å²) < 4.78 is 29.0. The molecule has 1 aromatic heterocycles. The first kappa shape index (κ1) is 16.0. The summed E-state index contributed by atoms with van der Waals surface area (Å²) in [6.07, 6.45) is 0. The van der Waals surface area contributed by atoms with Gasteiger partial charge in [-0.1, -0.05) is 15.9 Å². The van der Waals surface area contributed by atoms with Crippen LogP contribution in [-0.4, -0.2) is 15.5 Å². The van der Waals surface area contributed by atoms with Crippen molar-refractivity contribution in [1.82, 2.24) is 5.32 Å². The Morgan fingerprint density at radius 3 is 2.70 bits per heavy atom. The molecule has 1 aromatic carbocycles. The standard InChI is InChI=1S/C12H12Br2N2O2S2/c1-15-6-8-4-12(19-7-8)20(17,18)16-11-5-9(13)2-3-10(11)14/h2-5,7,15-16H,6H2,1H3. The average Bonchev–Trinajstić information content (AvgIpc) is 2.83. The minimum Gasteiger partial charge on any atom is -0.316 e. The van der Waals surface area contributed by atoms with E-state index in [9.17, 15) is 8.42 Å². The van der Waals surface area contributed by atoms with Crippen LogP contribution in [0.4, 0.5) is 5.69 Å². The van der Waals surface area contributed by atoms with Crippen LogP contribution in [0.2, 0.25) is 0 Å². The molecular weight excluding hydrogens is 428 g/mol. The van der Waals surface area contributed by atoms with Crippen molar-refractivity contribution in [2.75, 3.05) is 11.8 Å². The summed E-state index contributed by atoms with van der Waals surface area (Å²) in [5.41, 5.74) is 1.45. The van der Waals surface area contributed by atoms with Crippen LogP contribution in [-0.2, 0) is 16.6 Å². The van der Waals surface area contributed by atoms with Crippen LogP contribution in [0.5, 0.6) is 0 Å². The summed E-state index contributed by atoms with van der Waals surface area (Å²) >= 11 is 7.86. The van der Waals surface area contributed by atoms with E-state index in [1.807, 2.05) is 18.5 Å². The van der Waals surface area contributed by atoms with Gasteiger partial charge in [-0.05, 0) is 58.2 Å². The van der Waals surface area contributed by atoms with Crippen LogP contribution in [0, 0.1) is 0 Å². The molecule has 0 aliphatic heterocycles. The van der Waals surface area contributed by atoms with Crippen molar-refractivity contribution in [2.24, 2.45) is 0 Å². The van der Waals surface area contributed by atoms with Crippen molar-refractivity contribution in [3.8, 4) is 0 Å². The summed E-state index contributed by atoms with van der Waals surface area (Å²) in [5.74, 6) is 0. The first-order chi connectivity index (χ1) is 9.42. The van der Waals surface area contributed by atoms with Gasteiger partial charge in [0.15, 0.2) is 0 Å². The van der Waals surface area contributed by atoms with Crippen molar-refractivity contribution in [1.29, 1.82) is 0 Å². The fourth-order valence-corrected chi connectivity index (χ4v) is 4.68.